The van der Waals surface area contributed by atoms with Crippen LogP contribution in [0.25, 0.3) is 0 Å². The minimum Gasteiger partial charge on any atom is -0.393 e. The first-order chi connectivity index (χ1) is 11.5. The van der Waals surface area contributed by atoms with Crippen molar-refractivity contribution < 1.29 is 13.2 Å². The molecular weight excluding hydrogens is 342 g/mol. The average molecular weight is 361 g/mol. The lowest BCUT2D eigenvalue weighted by Gasteiger charge is -2.16. The Morgan fingerprint density at radius 2 is 1.67 bits per heavy atom. The SMILES string of the molecule is COC[C@@]1(C(N)=S)[C@@H](c2ccccc2)[C@@H]1S(=O)(=O)c1ccccc1. The molecule has 1 fully saturated rings. The fraction of sp³-hybridized carbons (Fsp3) is 0.278. The summed E-state index contributed by atoms with van der Waals surface area (Å²) in [5, 5.41) is -0.716. The highest BCUT2D eigenvalue weighted by atomic mass is 32.2. The van der Waals surface area contributed by atoms with Crippen molar-refractivity contribution in [2.45, 2.75) is 16.1 Å². The zero-order valence-electron chi connectivity index (χ0n) is 13.3. The van der Waals surface area contributed by atoms with Crippen LogP contribution in [0.2, 0.25) is 0 Å². The molecule has 3 atom stereocenters. The fourth-order valence-corrected chi connectivity index (χ4v) is 6.32. The fourth-order valence-electron chi connectivity index (χ4n) is 3.53. The van der Waals surface area contributed by atoms with Gasteiger partial charge in [-0.1, -0.05) is 60.7 Å². The molecule has 1 aliphatic carbocycles. The standard InChI is InChI=1S/C18H19NO3S2/c1-22-12-18(17(19)23)15(13-8-4-2-5-9-13)16(18)24(20,21)14-10-6-3-7-11-14/h2-11,15-16H,12H2,1H3,(H2,19,23)/t15-,16-,18+/m0/s1. The van der Waals surface area contributed by atoms with E-state index in [1.54, 1.807) is 30.3 Å². The van der Waals surface area contributed by atoms with Crippen LogP contribution < -0.4 is 5.73 Å². The molecule has 0 saturated heterocycles. The molecule has 0 aliphatic heterocycles. The van der Waals surface area contributed by atoms with Gasteiger partial charge in [0, 0.05) is 13.0 Å². The second kappa shape index (κ2) is 6.27. The lowest BCUT2D eigenvalue weighted by Crippen LogP contribution is -2.33. The van der Waals surface area contributed by atoms with E-state index in [4.69, 9.17) is 22.7 Å². The van der Waals surface area contributed by atoms with Crippen molar-refractivity contribution >= 4 is 27.0 Å². The molecule has 0 radical (unpaired) electrons. The van der Waals surface area contributed by atoms with E-state index in [-0.39, 0.29) is 22.4 Å². The summed E-state index contributed by atoms with van der Waals surface area (Å²) < 4.78 is 31.7. The molecular formula is C18H19NO3S2. The quantitative estimate of drug-likeness (QED) is 0.801. The van der Waals surface area contributed by atoms with E-state index in [1.807, 2.05) is 30.3 Å². The molecule has 1 saturated carbocycles. The third-order valence-corrected chi connectivity index (χ3v) is 7.33. The van der Waals surface area contributed by atoms with E-state index in [1.165, 1.54) is 7.11 Å². The topological polar surface area (TPSA) is 69.4 Å². The highest BCUT2D eigenvalue weighted by Crippen LogP contribution is 2.64. The first kappa shape index (κ1) is 17.1. The van der Waals surface area contributed by atoms with Crippen LogP contribution in [0.1, 0.15) is 11.5 Å². The van der Waals surface area contributed by atoms with E-state index < -0.39 is 20.5 Å². The number of hydrogen-bond acceptors (Lipinski definition) is 4. The average Bonchev–Trinajstić information content (AvgIpc) is 3.28. The maximum absolute atomic E-state index is 13.2. The van der Waals surface area contributed by atoms with Crippen LogP contribution in [0.5, 0.6) is 0 Å². The van der Waals surface area contributed by atoms with Gasteiger partial charge in [0.1, 0.15) is 0 Å². The number of rotatable bonds is 6. The van der Waals surface area contributed by atoms with Crippen molar-refractivity contribution in [3.8, 4) is 0 Å². The normalized spacial score (nSPS) is 26.0. The first-order valence-corrected chi connectivity index (χ1v) is 9.54. The van der Waals surface area contributed by atoms with Crippen LogP contribution in [-0.2, 0) is 14.6 Å². The van der Waals surface area contributed by atoms with Gasteiger partial charge in [0.25, 0.3) is 0 Å². The second-order valence-corrected chi connectivity index (χ2v) is 8.51. The van der Waals surface area contributed by atoms with E-state index in [2.05, 4.69) is 0 Å². The number of nitrogens with two attached hydrogens (primary N) is 1. The Morgan fingerprint density at radius 3 is 2.17 bits per heavy atom. The molecule has 0 heterocycles. The minimum absolute atomic E-state index is 0.179. The number of methoxy groups -OCH3 is 1. The van der Waals surface area contributed by atoms with Crippen molar-refractivity contribution in [1.29, 1.82) is 0 Å². The summed E-state index contributed by atoms with van der Waals surface area (Å²) in [6.45, 7) is 0.179. The van der Waals surface area contributed by atoms with E-state index in [0.29, 0.717) is 0 Å². The van der Waals surface area contributed by atoms with Crippen molar-refractivity contribution in [3.05, 3.63) is 66.2 Å². The number of ether oxygens (including phenoxy) is 1. The van der Waals surface area contributed by atoms with Gasteiger partial charge in [-0.3, -0.25) is 0 Å². The van der Waals surface area contributed by atoms with Gasteiger partial charge in [0.15, 0.2) is 9.84 Å². The molecule has 4 nitrogen and oxygen atoms in total. The summed E-state index contributed by atoms with van der Waals surface area (Å²) in [4.78, 5) is 0.466. The molecule has 126 valence electrons. The summed E-state index contributed by atoms with van der Waals surface area (Å²) in [6.07, 6.45) is 0. The van der Waals surface area contributed by atoms with Crippen LogP contribution in [0, 0.1) is 5.41 Å². The molecule has 0 spiro atoms. The highest BCUT2D eigenvalue weighted by Gasteiger charge is 2.73. The monoisotopic (exact) mass is 361 g/mol. The molecule has 3 rings (SSSR count). The first-order valence-electron chi connectivity index (χ1n) is 7.59. The maximum atomic E-state index is 13.2. The van der Waals surface area contributed by atoms with Gasteiger partial charge < -0.3 is 10.5 Å². The Hall–Kier alpha value is -1.76. The molecule has 1 aliphatic rings. The van der Waals surface area contributed by atoms with E-state index in [9.17, 15) is 8.42 Å². The zero-order chi connectivity index (χ0) is 17.4. The van der Waals surface area contributed by atoms with Gasteiger partial charge in [-0.2, -0.15) is 0 Å². The molecule has 0 unspecified atom stereocenters. The Bertz CT molecular complexity index is 837. The van der Waals surface area contributed by atoms with Gasteiger partial charge in [-0.25, -0.2) is 8.42 Å². The third kappa shape index (κ3) is 2.55. The highest BCUT2D eigenvalue weighted by molar-refractivity contribution is 7.92. The van der Waals surface area contributed by atoms with E-state index >= 15 is 0 Å². The lowest BCUT2D eigenvalue weighted by atomic mass is 10.00. The van der Waals surface area contributed by atoms with Gasteiger partial charge in [-0.05, 0) is 17.7 Å². The molecule has 0 amide bonds. The Balaban J connectivity index is 2.12. The van der Waals surface area contributed by atoms with Crippen LogP contribution in [0.3, 0.4) is 0 Å². The van der Waals surface area contributed by atoms with Crippen LogP contribution in [0.15, 0.2) is 65.6 Å². The molecule has 0 bridgehead atoms. The Morgan fingerprint density at radius 1 is 1.12 bits per heavy atom. The number of thiocarbonyl (C=S) groups is 1. The van der Waals surface area contributed by atoms with Crippen LogP contribution >= 0.6 is 12.2 Å². The Kier molecular flexibility index (Phi) is 4.46. The number of hydrogen-bond donors (Lipinski definition) is 1. The molecule has 2 N–H and O–H groups in total. The van der Waals surface area contributed by atoms with Crippen LogP contribution in [-0.4, -0.2) is 32.4 Å². The molecule has 6 heteroatoms. The second-order valence-electron chi connectivity index (χ2n) is 6.00. The van der Waals surface area contributed by atoms with E-state index in [0.717, 1.165) is 5.56 Å². The van der Waals surface area contributed by atoms with Crippen molar-refractivity contribution in [3.63, 3.8) is 0 Å². The number of benzene rings is 2. The maximum Gasteiger partial charge on any atom is 0.182 e. The van der Waals surface area contributed by atoms with Crippen molar-refractivity contribution in [1.82, 2.24) is 0 Å². The largest absolute Gasteiger partial charge is 0.393 e. The van der Waals surface area contributed by atoms with Crippen LogP contribution in [0.4, 0.5) is 0 Å². The van der Waals surface area contributed by atoms with Crippen molar-refractivity contribution in [2.24, 2.45) is 11.1 Å². The smallest absolute Gasteiger partial charge is 0.182 e. The summed E-state index contributed by atoms with van der Waals surface area (Å²) in [7, 11) is -2.05. The number of sulfone groups is 1. The minimum atomic E-state index is -3.59. The summed E-state index contributed by atoms with van der Waals surface area (Å²) in [5.74, 6) is -0.304. The van der Waals surface area contributed by atoms with Gasteiger partial charge in [0.2, 0.25) is 0 Å². The predicted molar refractivity (Wildman–Crippen MR) is 97.7 cm³/mol. The Labute approximate surface area is 147 Å². The van der Waals surface area contributed by atoms with Gasteiger partial charge >= 0.3 is 0 Å². The molecule has 2 aromatic rings. The molecule has 0 aromatic heterocycles. The summed E-state index contributed by atoms with van der Waals surface area (Å²) >= 11 is 5.27. The predicted octanol–water partition coefficient (Wildman–Crippen LogP) is 2.55. The zero-order valence-corrected chi connectivity index (χ0v) is 14.9. The molecule has 2 aromatic carbocycles. The summed E-state index contributed by atoms with van der Waals surface area (Å²) in [6, 6.07) is 17.9. The lowest BCUT2D eigenvalue weighted by molar-refractivity contribution is 0.166. The molecule has 24 heavy (non-hydrogen) atoms. The third-order valence-electron chi connectivity index (χ3n) is 4.66. The summed E-state index contributed by atoms with van der Waals surface area (Å²) in [5.41, 5.74) is 6.03. The van der Waals surface area contributed by atoms with Gasteiger partial charge in [-0.15, -0.1) is 0 Å². The van der Waals surface area contributed by atoms with Gasteiger partial charge in [0.05, 0.1) is 27.2 Å². The van der Waals surface area contributed by atoms with Crippen molar-refractivity contribution in [2.75, 3.05) is 13.7 Å².